The summed E-state index contributed by atoms with van der Waals surface area (Å²) in [6.45, 7) is 3.87. The molecule has 0 spiro atoms. The number of aromatic amines is 1. The van der Waals surface area contributed by atoms with Crippen LogP contribution in [0.5, 0.6) is 5.88 Å². The minimum Gasteiger partial charge on any atom is -0.473 e. The van der Waals surface area contributed by atoms with Crippen molar-refractivity contribution >= 4 is 17.2 Å². The Hall–Kier alpha value is -1.84. The number of H-pyrrole nitrogens is 1. The largest absolute Gasteiger partial charge is 0.473 e. The van der Waals surface area contributed by atoms with Gasteiger partial charge in [-0.1, -0.05) is 0 Å². The van der Waals surface area contributed by atoms with E-state index in [0.29, 0.717) is 11.4 Å². The average Bonchev–Trinajstić information content (AvgIpc) is 2.60. The summed E-state index contributed by atoms with van der Waals surface area (Å²) in [6, 6.07) is 5.33. The molecule has 2 rings (SSSR count). The second-order valence-electron chi connectivity index (χ2n) is 3.62. The molecule has 4 heteroatoms. The van der Waals surface area contributed by atoms with Gasteiger partial charge >= 0.3 is 0 Å². The van der Waals surface area contributed by atoms with Crippen LogP contribution in [0.25, 0.3) is 10.9 Å². The lowest BCUT2D eigenvalue weighted by molar-refractivity contribution is 0.112. The molecule has 0 atom stereocenters. The number of rotatable bonds is 3. The molecule has 1 aromatic carbocycles. The predicted molar refractivity (Wildman–Crippen MR) is 57.2 cm³/mol. The van der Waals surface area contributed by atoms with Crippen LogP contribution in [-0.2, 0) is 0 Å². The maximum Gasteiger partial charge on any atom is 0.240 e. The fraction of sp³-hybridized carbons (Fsp3) is 0.273. The molecule has 0 aliphatic heterocycles. The van der Waals surface area contributed by atoms with Crippen molar-refractivity contribution in [3.63, 3.8) is 0 Å². The Morgan fingerprint density at radius 3 is 2.93 bits per heavy atom. The zero-order chi connectivity index (χ0) is 10.8. The van der Waals surface area contributed by atoms with Crippen molar-refractivity contribution in [1.29, 1.82) is 0 Å². The van der Waals surface area contributed by atoms with Gasteiger partial charge in [-0.05, 0) is 32.0 Å². The van der Waals surface area contributed by atoms with E-state index in [-0.39, 0.29) is 6.10 Å². The second-order valence-corrected chi connectivity index (χ2v) is 3.62. The predicted octanol–water partition coefficient (Wildman–Crippen LogP) is 2.16. The van der Waals surface area contributed by atoms with Crippen molar-refractivity contribution in [2.75, 3.05) is 0 Å². The second kappa shape index (κ2) is 3.73. The Morgan fingerprint density at radius 2 is 2.27 bits per heavy atom. The van der Waals surface area contributed by atoms with E-state index in [2.05, 4.69) is 10.2 Å². The van der Waals surface area contributed by atoms with Gasteiger partial charge in [0, 0.05) is 5.56 Å². The number of nitrogens with zero attached hydrogens (tertiary/aromatic N) is 1. The molecule has 1 aromatic heterocycles. The third-order valence-electron chi connectivity index (χ3n) is 2.04. The summed E-state index contributed by atoms with van der Waals surface area (Å²) in [4.78, 5) is 10.6. The van der Waals surface area contributed by atoms with Crippen LogP contribution >= 0.6 is 0 Å². The van der Waals surface area contributed by atoms with Gasteiger partial charge in [0.2, 0.25) is 5.88 Å². The van der Waals surface area contributed by atoms with Crippen molar-refractivity contribution in [1.82, 2.24) is 10.2 Å². The Kier molecular flexibility index (Phi) is 2.41. The van der Waals surface area contributed by atoms with E-state index < -0.39 is 0 Å². The van der Waals surface area contributed by atoms with Gasteiger partial charge in [-0.2, -0.15) is 0 Å². The normalized spacial score (nSPS) is 10.9. The molecular formula is C11H12N2O2. The van der Waals surface area contributed by atoms with Crippen molar-refractivity contribution in [2.45, 2.75) is 20.0 Å². The van der Waals surface area contributed by atoms with Crippen LogP contribution in [0.15, 0.2) is 18.2 Å². The highest BCUT2D eigenvalue weighted by molar-refractivity contribution is 5.89. The molecule has 2 aromatic rings. The summed E-state index contributed by atoms with van der Waals surface area (Å²) in [5.74, 6) is 0.545. The molecule has 1 N–H and O–H groups in total. The minimum atomic E-state index is 0.0661. The number of fused-ring (bicyclic) bond motifs is 1. The lowest BCUT2D eigenvalue weighted by atomic mass is 10.2. The molecule has 0 fully saturated rings. The van der Waals surface area contributed by atoms with Gasteiger partial charge in [0.15, 0.2) is 0 Å². The number of benzene rings is 1. The Bertz CT molecular complexity index is 488. The lowest BCUT2D eigenvalue weighted by Crippen LogP contribution is -2.05. The zero-order valence-electron chi connectivity index (χ0n) is 8.65. The molecule has 0 aliphatic carbocycles. The molecule has 0 amide bonds. The van der Waals surface area contributed by atoms with E-state index in [9.17, 15) is 4.79 Å². The number of aromatic nitrogens is 2. The van der Waals surface area contributed by atoms with Gasteiger partial charge in [0.1, 0.15) is 6.29 Å². The lowest BCUT2D eigenvalue weighted by Gasteiger charge is -2.05. The first-order chi connectivity index (χ1) is 7.20. The quantitative estimate of drug-likeness (QED) is 0.779. The van der Waals surface area contributed by atoms with Crippen molar-refractivity contribution in [3.8, 4) is 5.88 Å². The summed E-state index contributed by atoms with van der Waals surface area (Å²) in [5.41, 5.74) is 1.49. The van der Waals surface area contributed by atoms with Gasteiger partial charge in [-0.25, -0.2) is 0 Å². The molecule has 4 nitrogen and oxygen atoms in total. The third kappa shape index (κ3) is 1.83. The van der Waals surface area contributed by atoms with Crippen LogP contribution in [0.3, 0.4) is 0 Å². The van der Waals surface area contributed by atoms with Gasteiger partial charge in [-0.3, -0.25) is 9.89 Å². The number of aldehydes is 1. The number of hydrogen-bond donors (Lipinski definition) is 1. The molecule has 78 valence electrons. The number of ether oxygens (including phenoxy) is 1. The molecular weight excluding hydrogens is 192 g/mol. The molecule has 0 bridgehead atoms. The first-order valence-corrected chi connectivity index (χ1v) is 4.80. The summed E-state index contributed by atoms with van der Waals surface area (Å²) in [7, 11) is 0. The van der Waals surface area contributed by atoms with Gasteiger partial charge in [-0.15, -0.1) is 5.10 Å². The van der Waals surface area contributed by atoms with Crippen LogP contribution < -0.4 is 4.74 Å². The topological polar surface area (TPSA) is 55.0 Å². The smallest absolute Gasteiger partial charge is 0.240 e. The Morgan fingerprint density at radius 1 is 1.47 bits per heavy atom. The molecule has 0 radical (unpaired) electrons. The number of hydrogen-bond acceptors (Lipinski definition) is 3. The van der Waals surface area contributed by atoms with Crippen LogP contribution in [-0.4, -0.2) is 22.6 Å². The monoisotopic (exact) mass is 204 g/mol. The summed E-state index contributed by atoms with van der Waals surface area (Å²) >= 11 is 0. The highest BCUT2D eigenvalue weighted by Gasteiger charge is 2.08. The summed E-state index contributed by atoms with van der Waals surface area (Å²) in [5, 5.41) is 7.74. The van der Waals surface area contributed by atoms with Gasteiger partial charge in [0.05, 0.1) is 17.0 Å². The van der Waals surface area contributed by atoms with E-state index in [1.807, 2.05) is 19.9 Å². The standard InChI is InChI=1S/C11H12N2O2/c1-7(2)15-11-9-5-8(6-14)3-4-10(9)12-13-11/h3-7H,1-2H3,(H,12,13). The molecule has 0 saturated carbocycles. The fourth-order valence-electron chi connectivity index (χ4n) is 1.39. The molecule has 0 unspecified atom stereocenters. The summed E-state index contributed by atoms with van der Waals surface area (Å²) in [6.07, 6.45) is 0.877. The summed E-state index contributed by atoms with van der Waals surface area (Å²) < 4.78 is 5.51. The highest BCUT2D eigenvalue weighted by Crippen LogP contribution is 2.23. The van der Waals surface area contributed by atoms with E-state index in [0.717, 1.165) is 17.2 Å². The molecule has 0 aliphatic rings. The first kappa shape index (κ1) is 9.71. The number of carbonyl (C=O) groups is 1. The van der Waals surface area contributed by atoms with Crippen LogP contribution in [0.4, 0.5) is 0 Å². The van der Waals surface area contributed by atoms with Crippen LogP contribution in [0.2, 0.25) is 0 Å². The van der Waals surface area contributed by atoms with Crippen LogP contribution in [0.1, 0.15) is 24.2 Å². The van der Waals surface area contributed by atoms with Crippen molar-refractivity contribution in [3.05, 3.63) is 23.8 Å². The Balaban J connectivity index is 2.51. The first-order valence-electron chi connectivity index (χ1n) is 4.80. The van der Waals surface area contributed by atoms with Gasteiger partial charge in [0.25, 0.3) is 0 Å². The maximum atomic E-state index is 10.6. The van der Waals surface area contributed by atoms with E-state index >= 15 is 0 Å². The molecule has 15 heavy (non-hydrogen) atoms. The van der Waals surface area contributed by atoms with E-state index in [1.54, 1.807) is 12.1 Å². The third-order valence-corrected chi connectivity index (χ3v) is 2.04. The number of carbonyl (C=O) groups excluding carboxylic acids is 1. The minimum absolute atomic E-state index is 0.0661. The van der Waals surface area contributed by atoms with Crippen LogP contribution in [0, 0.1) is 0 Å². The van der Waals surface area contributed by atoms with E-state index in [1.165, 1.54) is 0 Å². The van der Waals surface area contributed by atoms with Crippen molar-refractivity contribution < 1.29 is 9.53 Å². The number of nitrogens with one attached hydrogen (secondary N) is 1. The SMILES string of the molecule is CC(C)Oc1n[nH]c2ccc(C=O)cc12. The van der Waals surface area contributed by atoms with E-state index in [4.69, 9.17) is 4.74 Å². The Labute approximate surface area is 87.2 Å². The van der Waals surface area contributed by atoms with Gasteiger partial charge < -0.3 is 4.74 Å². The average molecular weight is 204 g/mol. The highest BCUT2D eigenvalue weighted by atomic mass is 16.5. The molecule has 1 heterocycles. The van der Waals surface area contributed by atoms with Crippen molar-refractivity contribution in [2.24, 2.45) is 0 Å². The molecule has 0 saturated heterocycles. The fourth-order valence-corrected chi connectivity index (χ4v) is 1.39. The zero-order valence-corrected chi connectivity index (χ0v) is 8.65. The maximum absolute atomic E-state index is 10.6.